The number of imide groups is 1. The van der Waals surface area contributed by atoms with E-state index in [1.807, 2.05) is 0 Å². The lowest BCUT2D eigenvalue weighted by Crippen LogP contribution is -2.64. The van der Waals surface area contributed by atoms with Gasteiger partial charge in [-0.3, -0.25) is 15.0 Å². The number of hydrogen-bond acceptors (Lipinski definition) is 6. The Kier molecular flexibility index (Phi) is 4.39. The minimum absolute atomic E-state index is 0.335. The molecule has 0 aromatic rings. The van der Waals surface area contributed by atoms with Crippen molar-refractivity contribution in [3.05, 3.63) is 10.1 Å². The molecule has 3 amide bonds. The van der Waals surface area contributed by atoms with Gasteiger partial charge in [0.05, 0.1) is 6.54 Å². The summed E-state index contributed by atoms with van der Waals surface area (Å²) >= 11 is 0. The molecule has 21 heavy (non-hydrogen) atoms. The molecule has 9 heteroatoms. The van der Waals surface area contributed by atoms with Gasteiger partial charge < -0.3 is 10.1 Å². The van der Waals surface area contributed by atoms with Gasteiger partial charge in [0.15, 0.2) is 0 Å². The topological polar surface area (TPSA) is 108 Å². The van der Waals surface area contributed by atoms with E-state index in [9.17, 15) is 19.7 Å². The predicted molar refractivity (Wildman–Crippen MR) is 74.2 cm³/mol. The number of unbranched alkanes of at least 4 members (excludes halogenated alkanes) is 3. The van der Waals surface area contributed by atoms with Crippen molar-refractivity contribution in [3.8, 4) is 0 Å². The smallest absolute Gasteiger partial charge is 0.390 e. The number of amides is 3. The minimum Gasteiger partial charge on any atom is -0.390 e. The zero-order valence-electron chi connectivity index (χ0n) is 12.1. The Morgan fingerprint density at radius 1 is 1.33 bits per heavy atom. The third-order valence-electron chi connectivity index (χ3n) is 3.75. The molecule has 1 saturated heterocycles. The van der Waals surface area contributed by atoms with Crippen LogP contribution in [0.5, 0.6) is 0 Å². The van der Waals surface area contributed by atoms with Crippen LogP contribution in [-0.2, 0) is 4.79 Å². The van der Waals surface area contributed by atoms with Gasteiger partial charge in [0.2, 0.25) is 12.2 Å². The van der Waals surface area contributed by atoms with E-state index in [0.29, 0.717) is 6.54 Å². The predicted octanol–water partition coefficient (Wildman–Crippen LogP) is 0.391. The molecule has 9 nitrogen and oxygen atoms in total. The van der Waals surface area contributed by atoms with Crippen molar-refractivity contribution in [3.63, 3.8) is 0 Å². The van der Waals surface area contributed by atoms with E-state index in [2.05, 4.69) is 17.2 Å². The number of urea groups is 1. The number of likely N-dealkylation sites (N-methyl/N-ethyl adjacent to an activating group) is 1. The first kappa shape index (κ1) is 15.2. The second kappa shape index (κ2) is 6.06. The zero-order chi connectivity index (χ0) is 15.6. The van der Waals surface area contributed by atoms with Crippen molar-refractivity contribution >= 4 is 17.9 Å². The first-order chi connectivity index (χ1) is 9.97. The molecule has 116 valence electrons. The fourth-order valence-electron chi connectivity index (χ4n) is 2.61. The molecule has 0 radical (unpaired) electrons. The maximum absolute atomic E-state index is 12.0. The highest BCUT2D eigenvalue weighted by atomic mass is 16.6. The summed E-state index contributed by atoms with van der Waals surface area (Å²) in [6.45, 7) is 2.46. The molecule has 0 bridgehead atoms. The number of carbonyl (C=O) groups excluding carboxylic acids is 2. The number of hydrogen-bond donors (Lipinski definition) is 1. The van der Waals surface area contributed by atoms with Crippen molar-refractivity contribution in [2.75, 3.05) is 13.6 Å². The van der Waals surface area contributed by atoms with Crippen molar-refractivity contribution < 1.29 is 14.5 Å². The molecule has 0 aliphatic carbocycles. The van der Waals surface area contributed by atoms with Crippen LogP contribution in [0.15, 0.2) is 4.99 Å². The fraction of sp³-hybridized carbons (Fsp3) is 0.750. The second-order valence-electron chi connectivity index (χ2n) is 5.20. The first-order valence-corrected chi connectivity index (χ1v) is 7.03. The summed E-state index contributed by atoms with van der Waals surface area (Å²) in [6.07, 6.45) is 2.95. The summed E-state index contributed by atoms with van der Waals surface area (Å²) in [4.78, 5) is 40.7. The number of nitro groups is 1. The molecule has 2 aliphatic rings. The van der Waals surface area contributed by atoms with Crippen LogP contribution in [0.1, 0.15) is 32.6 Å². The molecule has 0 aromatic carbocycles. The van der Waals surface area contributed by atoms with Crippen LogP contribution in [0, 0.1) is 10.1 Å². The zero-order valence-corrected chi connectivity index (χ0v) is 12.1. The molecule has 1 fully saturated rings. The average Bonchev–Trinajstić information content (AvgIpc) is 2.81. The van der Waals surface area contributed by atoms with Gasteiger partial charge in [-0.25, -0.2) is 9.69 Å². The molecule has 0 saturated carbocycles. The Hall–Kier alpha value is -2.19. The van der Waals surface area contributed by atoms with Crippen LogP contribution in [0.4, 0.5) is 4.79 Å². The van der Waals surface area contributed by atoms with Gasteiger partial charge >= 0.3 is 12.0 Å². The third-order valence-corrected chi connectivity index (χ3v) is 3.75. The monoisotopic (exact) mass is 297 g/mol. The van der Waals surface area contributed by atoms with Gasteiger partial charge in [-0.2, -0.15) is 0 Å². The summed E-state index contributed by atoms with van der Waals surface area (Å²) in [5.74, 6) is -0.864. The second-order valence-corrected chi connectivity index (χ2v) is 5.20. The molecule has 2 heterocycles. The fourth-order valence-corrected chi connectivity index (χ4v) is 2.61. The van der Waals surface area contributed by atoms with Crippen LogP contribution in [0.3, 0.4) is 0 Å². The van der Waals surface area contributed by atoms with E-state index >= 15 is 0 Å². The molecule has 2 aliphatic heterocycles. The molecule has 2 rings (SSSR count). The largest absolute Gasteiger partial charge is 0.427 e. The minimum atomic E-state index is -0.821. The Bertz CT molecular complexity index is 492. The Balaban J connectivity index is 2.17. The normalized spacial score (nSPS) is 24.8. The summed E-state index contributed by atoms with van der Waals surface area (Å²) in [6, 6.07) is -1.39. The Morgan fingerprint density at radius 2 is 2.05 bits per heavy atom. The molecule has 0 aromatic heterocycles. The first-order valence-electron chi connectivity index (χ1n) is 7.03. The highest BCUT2D eigenvalue weighted by Crippen LogP contribution is 2.24. The van der Waals surface area contributed by atoms with E-state index in [-0.39, 0.29) is 5.96 Å². The quantitative estimate of drug-likeness (QED) is 0.448. The lowest BCUT2D eigenvalue weighted by Gasteiger charge is -2.31. The van der Waals surface area contributed by atoms with Crippen LogP contribution >= 0.6 is 0 Å². The van der Waals surface area contributed by atoms with E-state index < -0.39 is 29.1 Å². The molecule has 0 spiro atoms. The van der Waals surface area contributed by atoms with Crippen molar-refractivity contribution in [1.29, 1.82) is 0 Å². The lowest BCUT2D eigenvalue weighted by molar-refractivity contribution is -0.363. The molecule has 1 N–H and O–H groups in total. The lowest BCUT2D eigenvalue weighted by atomic mass is 10.1. The van der Waals surface area contributed by atoms with Crippen molar-refractivity contribution in [2.24, 2.45) is 4.99 Å². The van der Waals surface area contributed by atoms with Crippen LogP contribution in [0.25, 0.3) is 0 Å². The van der Waals surface area contributed by atoms with E-state index in [1.54, 1.807) is 0 Å². The van der Waals surface area contributed by atoms with Gasteiger partial charge in [0.25, 0.3) is 5.91 Å². The highest BCUT2D eigenvalue weighted by molar-refractivity contribution is 6.02. The summed E-state index contributed by atoms with van der Waals surface area (Å²) in [5.41, 5.74) is 0. The van der Waals surface area contributed by atoms with Gasteiger partial charge in [0.1, 0.15) is 0 Å². The van der Waals surface area contributed by atoms with E-state index in [1.165, 1.54) is 16.8 Å². The van der Waals surface area contributed by atoms with Crippen LogP contribution in [0.2, 0.25) is 0 Å². The standard InChI is InChI=1S/C12H19N5O4/c1-3-4-5-6-7-16-8-9(13-11(16)17(20)21)15(2)12(19)14-10(8)18/h8-9H,3-7H2,1-2H3,(H,14,18,19). The number of nitrogens with one attached hydrogen (secondary N) is 1. The van der Waals surface area contributed by atoms with Gasteiger partial charge in [-0.15, -0.1) is 0 Å². The third kappa shape index (κ3) is 2.81. The van der Waals surface area contributed by atoms with Gasteiger partial charge in [-0.1, -0.05) is 31.2 Å². The Labute approximate surface area is 122 Å². The summed E-state index contributed by atoms with van der Waals surface area (Å²) < 4.78 is 0. The molecule has 2 atom stereocenters. The number of rotatable bonds is 5. The maximum atomic E-state index is 12.0. The van der Waals surface area contributed by atoms with Crippen molar-refractivity contribution in [1.82, 2.24) is 15.1 Å². The van der Waals surface area contributed by atoms with Crippen molar-refractivity contribution in [2.45, 2.75) is 44.8 Å². The SMILES string of the molecule is CCCCCCN1C([N+](=O)[O-])=NC2C1C(=O)NC(=O)N2C. The number of aliphatic imine (C=N–C) groups is 1. The average molecular weight is 297 g/mol. The molecular weight excluding hydrogens is 278 g/mol. The number of guanidine groups is 1. The number of nitrogens with zero attached hydrogens (tertiary/aromatic N) is 4. The maximum Gasteiger partial charge on any atom is 0.427 e. The van der Waals surface area contributed by atoms with E-state index in [0.717, 1.165) is 25.7 Å². The highest BCUT2D eigenvalue weighted by Gasteiger charge is 2.55. The summed E-state index contributed by atoms with van der Waals surface area (Å²) in [7, 11) is 1.47. The van der Waals surface area contributed by atoms with Gasteiger partial charge in [0, 0.05) is 7.05 Å². The Morgan fingerprint density at radius 3 is 2.67 bits per heavy atom. The summed E-state index contributed by atoms with van der Waals surface area (Å²) in [5, 5.41) is 13.3. The molecular formula is C12H19N5O4. The van der Waals surface area contributed by atoms with Crippen LogP contribution in [-0.4, -0.2) is 58.4 Å². The van der Waals surface area contributed by atoms with Crippen LogP contribution < -0.4 is 5.32 Å². The molecule has 2 unspecified atom stereocenters. The number of carbonyl (C=O) groups is 2. The van der Waals surface area contributed by atoms with Gasteiger partial charge in [-0.05, 0) is 11.3 Å². The van der Waals surface area contributed by atoms with E-state index in [4.69, 9.17) is 0 Å². The number of fused-ring (bicyclic) bond motifs is 1.